The Morgan fingerprint density at radius 1 is 0.903 bits per heavy atom. The van der Waals surface area contributed by atoms with Crippen molar-refractivity contribution in [2.24, 2.45) is 5.92 Å². The molecule has 0 bridgehead atoms. The fourth-order valence-corrected chi connectivity index (χ4v) is 3.65. The number of allylic oxidation sites excluding steroid dienone is 1. The SMILES string of the molecule is C=CCCCCCCCOc1ccc(-c2ncc(CCCCCC(C)CC)cn2)cc1. The molecule has 1 unspecified atom stereocenters. The molecule has 0 radical (unpaired) electrons. The molecule has 170 valence electrons. The third-order valence-corrected chi connectivity index (χ3v) is 6.00. The highest BCUT2D eigenvalue weighted by atomic mass is 16.5. The summed E-state index contributed by atoms with van der Waals surface area (Å²) in [5, 5.41) is 0. The summed E-state index contributed by atoms with van der Waals surface area (Å²) < 4.78 is 5.87. The zero-order valence-electron chi connectivity index (χ0n) is 19.8. The number of unbranched alkanes of at least 4 members (excludes halogenated alkanes) is 7. The summed E-state index contributed by atoms with van der Waals surface area (Å²) in [7, 11) is 0. The second-order valence-corrected chi connectivity index (χ2v) is 8.75. The first-order chi connectivity index (χ1) is 15.2. The summed E-state index contributed by atoms with van der Waals surface area (Å²) in [6.07, 6.45) is 20.8. The average molecular weight is 423 g/mol. The summed E-state index contributed by atoms with van der Waals surface area (Å²) in [6.45, 7) is 9.17. The van der Waals surface area contributed by atoms with Gasteiger partial charge < -0.3 is 4.74 Å². The highest BCUT2D eigenvalue weighted by Gasteiger charge is 2.04. The number of aryl methyl sites for hydroxylation is 1. The average Bonchev–Trinajstić information content (AvgIpc) is 2.81. The lowest BCUT2D eigenvalue weighted by Crippen LogP contribution is -1.97. The first-order valence-electron chi connectivity index (χ1n) is 12.4. The summed E-state index contributed by atoms with van der Waals surface area (Å²) in [6, 6.07) is 8.14. The first-order valence-corrected chi connectivity index (χ1v) is 12.4. The van der Waals surface area contributed by atoms with Crippen LogP contribution in [0.25, 0.3) is 11.4 Å². The minimum Gasteiger partial charge on any atom is -0.494 e. The first kappa shape index (κ1) is 25.1. The molecular formula is C28H42N2O. The normalized spacial score (nSPS) is 11.9. The van der Waals surface area contributed by atoms with Crippen molar-refractivity contribution in [2.45, 2.75) is 90.9 Å². The molecule has 1 aromatic heterocycles. The van der Waals surface area contributed by atoms with Crippen molar-refractivity contribution in [1.29, 1.82) is 0 Å². The van der Waals surface area contributed by atoms with E-state index in [0.29, 0.717) is 0 Å². The van der Waals surface area contributed by atoms with Gasteiger partial charge in [-0.3, -0.25) is 0 Å². The van der Waals surface area contributed by atoms with Crippen molar-refractivity contribution in [2.75, 3.05) is 6.61 Å². The zero-order valence-corrected chi connectivity index (χ0v) is 19.8. The number of hydrogen-bond donors (Lipinski definition) is 0. The predicted molar refractivity (Wildman–Crippen MR) is 132 cm³/mol. The molecule has 0 amide bonds. The van der Waals surface area contributed by atoms with Gasteiger partial charge in [-0.1, -0.05) is 64.9 Å². The number of hydrogen-bond acceptors (Lipinski definition) is 3. The van der Waals surface area contributed by atoms with E-state index in [1.54, 1.807) is 0 Å². The fraction of sp³-hybridized carbons (Fsp3) is 0.571. The lowest BCUT2D eigenvalue weighted by Gasteiger charge is -2.08. The van der Waals surface area contributed by atoms with Gasteiger partial charge in [0.2, 0.25) is 0 Å². The van der Waals surface area contributed by atoms with Crippen molar-refractivity contribution in [1.82, 2.24) is 9.97 Å². The molecule has 0 saturated heterocycles. The van der Waals surface area contributed by atoms with Crippen molar-refractivity contribution < 1.29 is 4.74 Å². The van der Waals surface area contributed by atoms with Gasteiger partial charge in [0.05, 0.1) is 6.61 Å². The van der Waals surface area contributed by atoms with Gasteiger partial charge in [-0.05, 0) is 67.9 Å². The monoisotopic (exact) mass is 422 g/mol. The molecule has 0 fully saturated rings. The van der Waals surface area contributed by atoms with Crippen LogP contribution >= 0.6 is 0 Å². The van der Waals surface area contributed by atoms with Crippen LogP contribution in [0.5, 0.6) is 5.75 Å². The van der Waals surface area contributed by atoms with E-state index in [2.05, 4.69) is 42.5 Å². The van der Waals surface area contributed by atoms with Crippen molar-refractivity contribution in [3.05, 3.63) is 54.9 Å². The van der Waals surface area contributed by atoms with Crippen LogP contribution in [0.2, 0.25) is 0 Å². The summed E-state index contributed by atoms with van der Waals surface area (Å²) in [4.78, 5) is 9.16. The number of nitrogens with zero attached hydrogens (tertiary/aromatic N) is 2. The lowest BCUT2D eigenvalue weighted by molar-refractivity contribution is 0.304. The third kappa shape index (κ3) is 10.6. The van der Waals surface area contributed by atoms with Crippen LogP contribution in [-0.2, 0) is 6.42 Å². The van der Waals surface area contributed by atoms with Crippen LogP contribution in [0.4, 0.5) is 0 Å². The van der Waals surface area contributed by atoms with Gasteiger partial charge in [0.1, 0.15) is 5.75 Å². The maximum Gasteiger partial charge on any atom is 0.159 e. The molecule has 31 heavy (non-hydrogen) atoms. The fourth-order valence-electron chi connectivity index (χ4n) is 3.65. The van der Waals surface area contributed by atoms with Crippen LogP contribution in [0.3, 0.4) is 0 Å². The van der Waals surface area contributed by atoms with Gasteiger partial charge in [0.25, 0.3) is 0 Å². The van der Waals surface area contributed by atoms with E-state index in [9.17, 15) is 0 Å². The van der Waals surface area contributed by atoms with E-state index in [4.69, 9.17) is 4.74 Å². The quantitative estimate of drug-likeness (QED) is 0.190. The minimum atomic E-state index is 0.781. The maximum atomic E-state index is 5.87. The molecule has 0 N–H and O–H groups in total. The van der Waals surface area contributed by atoms with E-state index in [0.717, 1.165) is 48.9 Å². The van der Waals surface area contributed by atoms with E-state index < -0.39 is 0 Å². The molecule has 2 aromatic rings. The molecule has 1 atom stereocenters. The van der Waals surface area contributed by atoms with Gasteiger partial charge in [0, 0.05) is 18.0 Å². The zero-order chi connectivity index (χ0) is 22.2. The molecule has 0 aliphatic heterocycles. The smallest absolute Gasteiger partial charge is 0.159 e. The van der Waals surface area contributed by atoms with Crippen molar-refractivity contribution in [3.63, 3.8) is 0 Å². The molecule has 2 rings (SSSR count). The third-order valence-electron chi connectivity index (χ3n) is 6.00. The Morgan fingerprint density at radius 3 is 2.29 bits per heavy atom. The summed E-state index contributed by atoms with van der Waals surface area (Å²) in [5.41, 5.74) is 2.27. The van der Waals surface area contributed by atoms with Crippen LogP contribution in [0.15, 0.2) is 49.3 Å². The molecule has 1 aromatic carbocycles. The second-order valence-electron chi connectivity index (χ2n) is 8.75. The highest BCUT2D eigenvalue weighted by Crippen LogP contribution is 2.20. The molecule has 0 saturated carbocycles. The van der Waals surface area contributed by atoms with Gasteiger partial charge in [-0.25, -0.2) is 9.97 Å². The Morgan fingerprint density at radius 2 is 1.58 bits per heavy atom. The van der Waals surface area contributed by atoms with Gasteiger partial charge in [-0.2, -0.15) is 0 Å². The molecule has 0 aliphatic rings. The van der Waals surface area contributed by atoms with Crippen molar-refractivity contribution in [3.8, 4) is 17.1 Å². The Kier molecular flexibility index (Phi) is 12.6. The van der Waals surface area contributed by atoms with Gasteiger partial charge in [0.15, 0.2) is 5.82 Å². The van der Waals surface area contributed by atoms with Gasteiger partial charge >= 0.3 is 0 Å². The van der Waals surface area contributed by atoms with E-state index in [1.165, 1.54) is 63.4 Å². The van der Waals surface area contributed by atoms with E-state index in [-0.39, 0.29) is 0 Å². The number of aromatic nitrogens is 2. The van der Waals surface area contributed by atoms with Crippen LogP contribution in [0.1, 0.15) is 90.0 Å². The number of benzene rings is 1. The molecular weight excluding hydrogens is 380 g/mol. The highest BCUT2D eigenvalue weighted by molar-refractivity contribution is 5.55. The molecule has 1 heterocycles. The Labute approximate surface area is 190 Å². The Bertz CT molecular complexity index is 709. The van der Waals surface area contributed by atoms with Crippen molar-refractivity contribution >= 4 is 0 Å². The lowest BCUT2D eigenvalue weighted by atomic mass is 10.00. The summed E-state index contributed by atoms with van der Waals surface area (Å²) in [5.74, 6) is 2.56. The van der Waals surface area contributed by atoms with Crippen LogP contribution < -0.4 is 4.74 Å². The Hall–Kier alpha value is -2.16. The Balaban J connectivity index is 1.66. The number of ether oxygens (including phenoxy) is 1. The molecule has 0 aliphatic carbocycles. The standard InChI is InChI=1S/C28H42N2O/c1-4-6-7-8-9-10-14-21-31-27-19-17-26(18-20-27)28-29-22-25(23-30-28)16-13-11-12-15-24(3)5-2/h4,17-20,22-24H,1,5-16,21H2,2-3H3. The largest absolute Gasteiger partial charge is 0.494 e. The van der Waals surface area contributed by atoms with E-state index >= 15 is 0 Å². The maximum absolute atomic E-state index is 5.87. The predicted octanol–water partition coefficient (Wildman–Crippen LogP) is 8.20. The molecule has 3 nitrogen and oxygen atoms in total. The van der Waals surface area contributed by atoms with Crippen LogP contribution in [0, 0.1) is 5.92 Å². The van der Waals surface area contributed by atoms with Crippen LogP contribution in [-0.4, -0.2) is 16.6 Å². The second kappa shape index (κ2) is 15.6. The van der Waals surface area contributed by atoms with Gasteiger partial charge in [-0.15, -0.1) is 6.58 Å². The summed E-state index contributed by atoms with van der Waals surface area (Å²) >= 11 is 0. The minimum absolute atomic E-state index is 0.781. The topological polar surface area (TPSA) is 35.0 Å². The van der Waals surface area contributed by atoms with E-state index in [1.807, 2.05) is 30.6 Å². The molecule has 0 spiro atoms. The molecule has 3 heteroatoms. The number of rotatable bonds is 17.